The average molecular weight is 219 g/mol. The molecule has 3 heteroatoms. The molecule has 0 amide bonds. The van der Waals surface area contributed by atoms with E-state index in [-0.39, 0.29) is 0 Å². The molecule has 0 heterocycles. The molecule has 54 valence electrons. The Bertz CT molecular complexity index is 190. The minimum Gasteiger partial charge on any atom is -0.293 e. The monoisotopic (exact) mass is 221 g/mol. The van der Waals surface area contributed by atoms with Gasteiger partial charge in [0.1, 0.15) is 0 Å². The van der Waals surface area contributed by atoms with Crippen LogP contribution in [0.4, 0.5) is 0 Å². The molecule has 0 aromatic heterocycles. The van der Waals surface area contributed by atoms with Crippen LogP contribution in [0.3, 0.4) is 0 Å². The molecule has 2 nitrogen and oxygen atoms in total. The van der Waals surface area contributed by atoms with E-state index in [9.17, 15) is 0 Å². The minimum atomic E-state index is -1.12. The van der Waals surface area contributed by atoms with Crippen molar-refractivity contribution in [3.05, 3.63) is 24.8 Å². The first kappa shape index (κ1) is 12.0. The second kappa shape index (κ2) is 15.8. The molecular weight excluding hydrogens is 212 g/mol. The van der Waals surface area contributed by atoms with Gasteiger partial charge in [0.05, 0.1) is 0 Å². The van der Waals surface area contributed by atoms with Gasteiger partial charge in [-0.3, -0.25) is 6.58 Å². The van der Waals surface area contributed by atoms with Crippen LogP contribution in [0.15, 0.2) is 18.2 Å². The SMILES string of the molecule is O=[C]=[Mo]=[C]=O.[CH-]=CC=CC. The Labute approximate surface area is 67.8 Å². The van der Waals surface area contributed by atoms with Crippen LogP contribution in [-0.4, -0.2) is 8.53 Å². The first-order valence-corrected chi connectivity index (χ1v) is 4.40. The molecule has 0 radical (unpaired) electrons. The van der Waals surface area contributed by atoms with Crippen molar-refractivity contribution in [2.45, 2.75) is 6.92 Å². The Balaban J connectivity index is 0. The third-order valence-electron chi connectivity index (χ3n) is 0.387. The summed E-state index contributed by atoms with van der Waals surface area (Å²) < 4.78 is 2.95. The Morgan fingerprint density at radius 2 is 1.90 bits per heavy atom. The summed E-state index contributed by atoms with van der Waals surface area (Å²) in [7, 11) is 0. The fraction of sp³-hybridized carbons (Fsp3) is 0.143. The molecule has 0 aromatic rings. The van der Waals surface area contributed by atoms with E-state index in [2.05, 4.69) is 0 Å². The van der Waals surface area contributed by atoms with Gasteiger partial charge in [-0.1, -0.05) is 6.92 Å². The van der Waals surface area contributed by atoms with Crippen molar-refractivity contribution in [2.75, 3.05) is 0 Å². The molecule has 0 N–H and O–H groups in total. The smallest absolute Gasteiger partial charge is 0.0633 e. The fourth-order valence-electron chi connectivity index (χ4n) is 0.128. The number of hydrogen-bond donors (Lipinski definition) is 0. The number of rotatable bonds is 1. The van der Waals surface area contributed by atoms with Crippen LogP contribution in [0, 0.1) is 6.58 Å². The maximum atomic E-state index is 9.08. The van der Waals surface area contributed by atoms with Gasteiger partial charge in [0.25, 0.3) is 0 Å². The Hall–Kier alpha value is -0.672. The topological polar surface area (TPSA) is 34.1 Å². The van der Waals surface area contributed by atoms with Gasteiger partial charge >= 0.3 is 35.8 Å². The summed E-state index contributed by atoms with van der Waals surface area (Å²) >= 11 is -1.12. The van der Waals surface area contributed by atoms with Crippen LogP contribution in [0.25, 0.3) is 0 Å². The van der Waals surface area contributed by atoms with E-state index in [0.29, 0.717) is 0 Å². The van der Waals surface area contributed by atoms with Gasteiger partial charge in [-0.05, 0) is 0 Å². The van der Waals surface area contributed by atoms with Gasteiger partial charge in [0, 0.05) is 0 Å². The van der Waals surface area contributed by atoms with Crippen molar-refractivity contribution in [3.8, 4) is 0 Å². The molecule has 0 aliphatic heterocycles. The van der Waals surface area contributed by atoms with Gasteiger partial charge in [-0.2, -0.15) is 6.08 Å². The van der Waals surface area contributed by atoms with E-state index in [4.69, 9.17) is 16.2 Å². The summed E-state index contributed by atoms with van der Waals surface area (Å²) in [5.41, 5.74) is 0. The molecule has 0 saturated carbocycles. The maximum absolute atomic E-state index is 9.08. The molecule has 0 unspecified atom stereocenters. The van der Waals surface area contributed by atoms with Gasteiger partial charge in [0.15, 0.2) is 0 Å². The summed E-state index contributed by atoms with van der Waals surface area (Å²) in [6, 6.07) is 0. The maximum Gasteiger partial charge on any atom is -0.0633 e. The van der Waals surface area contributed by atoms with Crippen LogP contribution >= 0.6 is 0 Å². The van der Waals surface area contributed by atoms with Gasteiger partial charge < -0.3 is 0 Å². The van der Waals surface area contributed by atoms with Crippen molar-refractivity contribution < 1.29 is 27.2 Å². The number of hydrogen-bond acceptors (Lipinski definition) is 2. The summed E-state index contributed by atoms with van der Waals surface area (Å²) in [4.78, 5) is 18.2. The summed E-state index contributed by atoms with van der Waals surface area (Å²) in [5, 5.41) is 0. The summed E-state index contributed by atoms with van der Waals surface area (Å²) in [6.45, 7) is 6.85. The molecule has 0 aromatic carbocycles. The zero-order valence-corrected chi connectivity index (χ0v) is 7.54. The predicted octanol–water partition coefficient (Wildman–Crippen LogP) is 0.755. The Morgan fingerprint density at radius 3 is 1.90 bits per heavy atom. The van der Waals surface area contributed by atoms with Gasteiger partial charge in [0.2, 0.25) is 0 Å². The minimum absolute atomic E-state index is 1.12. The van der Waals surface area contributed by atoms with E-state index in [0.717, 1.165) is 0 Å². The van der Waals surface area contributed by atoms with E-state index < -0.39 is 17.6 Å². The predicted molar refractivity (Wildman–Crippen MR) is 35.1 cm³/mol. The van der Waals surface area contributed by atoms with E-state index >= 15 is 0 Å². The Morgan fingerprint density at radius 1 is 1.40 bits per heavy atom. The summed E-state index contributed by atoms with van der Waals surface area (Å²) in [5.74, 6) is 0. The van der Waals surface area contributed by atoms with Crippen LogP contribution in [0.2, 0.25) is 0 Å². The number of allylic oxidation sites excluding steroid dienone is 3. The van der Waals surface area contributed by atoms with Crippen LogP contribution in [0.1, 0.15) is 6.92 Å². The van der Waals surface area contributed by atoms with Crippen molar-refractivity contribution in [2.24, 2.45) is 0 Å². The second-order valence-corrected chi connectivity index (χ2v) is 2.31. The molecule has 0 bridgehead atoms. The third kappa shape index (κ3) is 26.5. The zero-order chi connectivity index (χ0) is 8.24. The van der Waals surface area contributed by atoms with Gasteiger partial charge in [-0.15, -0.1) is 0 Å². The van der Waals surface area contributed by atoms with E-state index in [1.54, 1.807) is 6.08 Å². The molecular formula is C7H7MoO2-. The normalized spacial score (nSPS) is 6.50. The third-order valence-corrected chi connectivity index (χ3v) is 0.797. The van der Waals surface area contributed by atoms with Crippen molar-refractivity contribution in [3.63, 3.8) is 0 Å². The molecule has 0 spiro atoms. The molecule has 0 aliphatic rings. The molecule has 0 saturated heterocycles. The van der Waals surface area contributed by atoms with E-state index in [1.807, 2.05) is 13.0 Å². The second-order valence-electron chi connectivity index (χ2n) is 0.987. The fourth-order valence-corrected chi connectivity index (χ4v) is 0.212. The molecule has 0 fully saturated rings. The Kier molecular flexibility index (Phi) is 19.0. The van der Waals surface area contributed by atoms with Crippen molar-refractivity contribution in [1.82, 2.24) is 0 Å². The van der Waals surface area contributed by atoms with Gasteiger partial charge in [-0.25, -0.2) is 12.2 Å². The quantitative estimate of drug-likeness (QED) is 0.370. The van der Waals surface area contributed by atoms with Crippen LogP contribution in [0.5, 0.6) is 0 Å². The first-order chi connectivity index (χ1) is 4.83. The van der Waals surface area contributed by atoms with Crippen molar-refractivity contribution in [1.29, 1.82) is 0 Å². The number of carbonyl (C=O) groups excluding carboxylic acids is 2. The van der Waals surface area contributed by atoms with Crippen LogP contribution in [-0.2, 0) is 27.2 Å². The average Bonchev–Trinajstić information content (AvgIpc) is 1.93. The molecule has 0 rings (SSSR count). The molecule has 0 atom stereocenters. The molecule has 10 heavy (non-hydrogen) atoms. The summed E-state index contributed by atoms with van der Waals surface area (Å²) in [6.07, 6.45) is 5.15. The zero-order valence-electron chi connectivity index (χ0n) is 5.53. The van der Waals surface area contributed by atoms with E-state index in [1.165, 1.54) is 14.6 Å². The van der Waals surface area contributed by atoms with Crippen LogP contribution < -0.4 is 0 Å². The van der Waals surface area contributed by atoms with Crippen molar-refractivity contribution >= 4 is 8.53 Å². The molecule has 0 aliphatic carbocycles. The largest absolute Gasteiger partial charge is 0.293 e. The standard InChI is InChI=1S/C5H7.2CO.Mo/c1-3-5-4-2;2*1-2;/h1,3-5H,2H3;;;/q-1;;;. The first-order valence-electron chi connectivity index (χ1n) is 2.39.